The van der Waals surface area contributed by atoms with Gasteiger partial charge in [-0.2, -0.15) is 0 Å². The second kappa shape index (κ2) is 7.40. The van der Waals surface area contributed by atoms with Gasteiger partial charge in [0, 0.05) is 38.8 Å². The normalized spacial score (nSPS) is 19.8. The molecular weight excluding hydrogens is 300 g/mol. The van der Waals surface area contributed by atoms with Gasteiger partial charge in [-0.1, -0.05) is 12.5 Å². The summed E-state index contributed by atoms with van der Waals surface area (Å²) in [4.78, 5) is 9.45. The third kappa shape index (κ3) is 3.65. The van der Waals surface area contributed by atoms with Gasteiger partial charge in [0.2, 0.25) is 0 Å². The van der Waals surface area contributed by atoms with Gasteiger partial charge < -0.3 is 4.57 Å². The smallest absolute Gasteiger partial charge is 0.147 e. The fourth-order valence-corrected chi connectivity index (χ4v) is 3.74. The van der Waals surface area contributed by atoms with Crippen LogP contribution in [0.2, 0.25) is 0 Å². The van der Waals surface area contributed by atoms with E-state index in [1.807, 2.05) is 12.3 Å². The van der Waals surface area contributed by atoms with Crippen LogP contribution in [0.15, 0.2) is 24.4 Å². The van der Waals surface area contributed by atoms with E-state index in [2.05, 4.69) is 41.7 Å². The van der Waals surface area contributed by atoms with Gasteiger partial charge >= 0.3 is 0 Å². The maximum absolute atomic E-state index is 4.48. The number of hydrogen-bond acceptors (Lipinski definition) is 5. The number of likely N-dealkylation sites (tertiary alicyclic amines) is 1. The Kier molecular flexibility index (Phi) is 4.85. The van der Waals surface area contributed by atoms with E-state index in [1.54, 1.807) is 0 Å². The van der Waals surface area contributed by atoms with Crippen molar-refractivity contribution >= 4 is 0 Å². The number of piperidine rings is 1. The SMILES string of the molecule is c1ccc(CN2CCc3nnc(CN4CCCCC4)n3CC2)nc1. The minimum Gasteiger partial charge on any atom is -0.313 e. The molecule has 0 aliphatic carbocycles. The summed E-state index contributed by atoms with van der Waals surface area (Å²) in [5.74, 6) is 2.29. The fourth-order valence-electron chi connectivity index (χ4n) is 3.74. The maximum atomic E-state index is 4.48. The zero-order valence-electron chi connectivity index (χ0n) is 14.3. The van der Waals surface area contributed by atoms with Crippen LogP contribution in [0, 0.1) is 0 Å². The lowest BCUT2D eigenvalue weighted by atomic mass is 10.1. The highest BCUT2D eigenvalue weighted by Gasteiger charge is 2.21. The van der Waals surface area contributed by atoms with Crippen molar-refractivity contribution < 1.29 is 0 Å². The molecule has 0 N–H and O–H groups in total. The maximum Gasteiger partial charge on any atom is 0.147 e. The van der Waals surface area contributed by atoms with E-state index in [4.69, 9.17) is 0 Å². The Morgan fingerprint density at radius 3 is 2.54 bits per heavy atom. The standard InChI is InChI=1S/C18H26N6/c1-4-9-22(10-5-1)15-18-21-20-17-7-11-23(12-13-24(17)18)14-16-6-2-3-8-19-16/h2-3,6,8H,1,4-5,7,9-15H2. The Morgan fingerprint density at radius 2 is 1.71 bits per heavy atom. The van der Waals surface area contributed by atoms with Gasteiger partial charge in [-0.25, -0.2) is 0 Å². The first-order valence-electron chi connectivity index (χ1n) is 9.14. The highest BCUT2D eigenvalue weighted by Crippen LogP contribution is 2.15. The van der Waals surface area contributed by atoms with Crippen molar-refractivity contribution in [1.29, 1.82) is 0 Å². The number of rotatable bonds is 4. The van der Waals surface area contributed by atoms with Crippen LogP contribution in [-0.2, 0) is 26.1 Å². The van der Waals surface area contributed by atoms with E-state index < -0.39 is 0 Å². The molecule has 24 heavy (non-hydrogen) atoms. The minimum absolute atomic E-state index is 0.917. The quantitative estimate of drug-likeness (QED) is 0.856. The third-order valence-corrected chi connectivity index (χ3v) is 5.12. The van der Waals surface area contributed by atoms with Gasteiger partial charge in [0.1, 0.15) is 11.6 Å². The molecule has 0 saturated carbocycles. The van der Waals surface area contributed by atoms with Crippen molar-refractivity contribution in [1.82, 2.24) is 29.5 Å². The Bertz CT molecular complexity index is 647. The first-order chi connectivity index (χ1) is 11.9. The molecule has 0 radical (unpaired) electrons. The summed E-state index contributed by atoms with van der Waals surface area (Å²) in [7, 11) is 0. The van der Waals surface area contributed by atoms with E-state index in [0.29, 0.717) is 0 Å². The Labute approximate surface area is 143 Å². The van der Waals surface area contributed by atoms with E-state index in [0.717, 1.165) is 56.5 Å². The lowest BCUT2D eigenvalue weighted by Gasteiger charge is -2.26. The molecule has 2 aromatic heterocycles. The van der Waals surface area contributed by atoms with Crippen LogP contribution in [0.5, 0.6) is 0 Å². The first-order valence-corrected chi connectivity index (χ1v) is 9.14. The van der Waals surface area contributed by atoms with Crippen LogP contribution in [0.4, 0.5) is 0 Å². The largest absolute Gasteiger partial charge is 0.313 e. The monoisotopic (exact) mass is 326 g/mol. The zero-order chi connectivity index (χ0) is 16.2. The van der Waals surface area contributed by atoms with Gasteiger partial charge in [0.25, 0.3) is 0 Å². The molecule has 1 fully saturated rings. The highest BCUT2D eigenvalue weighted by atomic mass is 15.3. The Morgan fingerprint density at radius 1 is 0.833 bits per heavy atom. The van der Waals surface area contributed by atoms with Gasteiger partial charge in [0.05, 0.1) is 12.2 Å². The zero-order valence-corrected chi connectivity index (χ0v) is 14.3. The topological polar surface area (TPSA) is 50.1 Å². The van der Waals surface area contributed by atoms with Gasteiger partial charge in [0.15, 0.2) is 0 Å². The summed E-state index contributed by atoms with van der Waals surface area (Å²) in [5, 5.41) is 8.95. The lowest BCUT2D eigenvalue weighted by Crippen LogP contribution is -2.31. The van der Waals surface area contributed by atoms with E-state index in [9.17, 15) is 0 Å². The number of pyridine rings is 1. The summed E-state index contributed by atoms with van der Waals surface area (Å²) in [5.41, 5.74) is 1.14. The molecule has 0 amide bonds. The molecule has 2 aliphatic heterocycles. The average Bonchev–Trinajstić information content (AvgIpc) is 2.89. The van der Waals surface area contributed by atoms with Crippen LogP contribution < -0.4 is 0 Å². The number of aromatic nitrogens is 4. The summed E-state index contributed by atoms with van der Waals surface area (Å²) in [6.45, 7) is 7.32. The molecule has 128 valence electrons. The molecule has 0 bridgehead atoms. The number of nitrogens with zero attached hydrogens (tertiary/aromatic N) is 6. The predicted octanol–water partition coefficient (Wildman–Crippen LogP) is 1.72. The molecule has 4 heterocycles. The molecule has 4 rings (SSSR count). The van der Waals surface area contributed by atoms with Crippen molar-refractivity contribution in [2.24, 2.45) is 0 Å². The molecule has 2 aromatic rings. The van der Waals surface area contributed by atoms with Crippen LogP contribution >= 0.6 is 0 Å². The van der Waals surface area contributed by atoms with E-state index in [1.165, 1.54) is 32.4 Å². The second-order valence-electron chi connectivity index (χ2n) is 6.87. The Hall–Kier alpha value is -1.79. The molecule has 0 atom stereocenters. The Balaban J connectivity index is 1.40. The van der Waals surface area contributed by atoms with Crippen molar-refractivity contribution in [3.8, 4) is 0 Å². The summed E-state index contributed by atoms with van der Waals surface area (Å²) < 4.78 is 2.35. The number of hydrogen-bond donors (Lipinski definition) is 0. The molecule has 2 aliphatic rings. The highest BCUT2D eigenvalue weighted by molar-refractivity contribution is 5.04. The third-order valence-electron chi connectivity index (χ3n) is 5.12. The first kappa shape index (κ1) is 15.7. The fraction of sp³-hybridized carbons (Fsp3) is 0.611. The molecular formula is C18H26N6. The van der Waals surface area contributed by atoms with E-state index >= 15 is 0 Å². The van der Waals surface area contributed by atoms with Crippen molar-refractivity contribution in [2.45, 2.75) is 45.3 Å². The second-order valence-corrected chi connectivity index (χ2v) is 6.87. The summed E-state index contributed by atoms with van der Waals surface area (Å²) in [6, 6.07) is 6.14. The molecule has 1 saturated heterocycles. The van der Waals surface area contributed by atoms with Gasteiger partial charge in [-0.15, -0.1) is 10.2 Å². The molecule has 6 nitrogen and oxygen atoms in total. The van der Waals surface area contributed by atoms with Crippen LogP contribution in [0.25, 0.3) is 0 Å². The molecule has 6 heteroatoms. The van der Waals surface area contributed by atoms with Gasteiger partial charge in [-0.3, -0.25) is 14.8 Å². The summed E-state index contributed by atoms with van der Waals surface area (Å²) in [6.07, 6.45) is 6.85. The van der Waals surface area contributed by atoms with E-state index in [-0.39, 0.29) is 0 Å². The molecule has 0 aromatic carbocycles. The van der Waals surface area contributed by atoms with Crippen LogP contribution in [0.1, 0.15) is 36.6 Å². The van der Waals surface area contributed by atoms with Crippen molar-refractivity contribution in [3.63, 3.8) is 0 Å². The predicted molar refractivity (Wildman–Crippen MR) is 92.4 cm³/mol. The van der Waals surface area contributed by atoms with Crippen LogP contribution in [0.3, 0.4) is 0 Å². The minimum atomic E-state index is 0.917. The summed E-state index contributed by atoms with van der Waals surface area (Å²) >= 11 is 0. The van der Waals surface area contributed by atoms with Crippen molar-refractivity contribution in [2.75, 3.05) is 26.2 Å². The number of fused-ring (bicyclic) bond motifs is 1. The van der Waals surface area contributed by atoms with Gasteiger partial charge in [-0.05, 0) is 38.1 Å². The molecule has 0 spiro atoms. The van der Waals surface area contributed by atoms with Crippen molar-refractivity contribution in [3.05, 3.63) is 41.7 Å². The average molecular weight is 326 g/mol. The van der Waals surface area contributed by atoms with Crippen LogP contribution in [-0.4, -0.2) is 55.7 Å². The lowest BCUT2D eigenvalue weighted by molar-refractivity contribution is 0.211. The molecule has 0 unspecified atom stereocenters.